The zero-order valence-electron chi connectivity index (χ0n) is 17.3. The number of carbonyl (C=O) groups excluding carboxylic acids is 1. The fourth-order valence-electron chi connectivity index (χ4n) is 3.65. The number of nitrogens with two attached hydrogens (primary N) is 1. The predicted octanol–water partition coefficient (Wildman–Crippen LogP) is 3.43. The molecule has 166 valence electrons. The Hall–Kier alpha value is -2.93. The van der Waals surface area contributed by atoms with Crippen molar-refractivity contribution in [1.82, 2.24) is 4.57 Å². The summed E-state index contributed by atoms with van der Waals surface area (Å²) in [6, 6.07) is 16.9. The van der Waals surface area contributed by atoms with Crippen molar-refractivity contribution in [3.63, 3.8) is 0 Å². The van der Waals surface area contributed by atoms with E-state index in [1.807, 2.05) is 48.5 Å². The van der Waals surface area contributed by atoms with Gasteiger partial charge in [-0.3, -0.25) is 9.36 Å². The number of benzene rings is 2. The zero-order valence-corrected chi connectivity index (χ0v) is 21.3. The molecule has 6 nitrogen and oxygen atoms in total. The van der Waals surface area contributed by atoms with Crippen LogP contribution in [0.4, 0.5) is 0 Å². The minimum atomic E-state index is -0.749. The van der Waals surface area contributed by atoms with Crippen molar-refractivity contribution in [3.8, 4) is 6.07 Å². The van der Waals surface area contributed by atoms with E-state index in [4.69, 9.17) is 10.5 Å². The number of thiazole rings is 1. The lowest BCUT2D eigenvalue weighted by atomic mass is 9.84. The molecular formula is C24H17Br2N3O3S. The molecule has 1 aliphatic rings. The predicted molar refractivity (Wildman–Crippen MR) is 135 cm³/mol. The number of esters is 1. The van der Waals surface area contributed by atoms with Gasteiger partial charge in [0.1, 0.15) is 10.5 Å². The van der Waals surface area contributed by atoms with Gasteiger partial charge in [-0.2, -0.15) is 5.26 Å². The summed E-state index contributed by atoms with van der Waals surface area (Å²) in [5.74, 6) is -1.32. The number of hydrogen-bond acceptors (Lipinski definition) is 6. The second-order valence-electron chi connectivity index (χ2n) is 7.14. The van der Waals surface area contributed by atoms with Crippen LogP contribution < -0.4 is 20.5 Å². The highest BCUT2D eigenvalue weighted by molar-refractivity contribution is 9.10. The minimum absolute atomic E-state index is 0.0187. The Kier molecular flexibility index (Phi) is 6.70. The quantitative estimate of drug-likeness (QED) is 0.472. The average molecular weight is 587 g/mol. The number of rotatable bonds is 4. The molecule has 2 aromatic carbocycles. The van der Waals surface area contributed by atoms with Crippen molar-refractivity contribution in [1.29, 1.82) is 5.26 Å². The maximum atomic E-state index is 13.3. The molecule has 0 spiro atoms. The van der Waals surface area contributed by atoms with E-state index < -0.39 is 11.9 Å². The van der Waals surface area contributed by atoms with E-state index in [9.17, 15) is 14.9 Å². The lowest BCUT2D eigenvalue weighted by Gasteiger charge is -2.24. The van der Waals surface area contributed by atoms with Gasteiger partial charge in [0.25, 0.3) is 5.56 Å². The molecule has 1 aliphatic heterocycles. The van der Waals surface area contributed by atoms with Crippen molar-refractivity contribution >= 4 is 66.6 Å². The summed E-state index contributed by atoms with van der Waals surface area (Å²) >= 11 is 7.96. The molecule has 0 aliphatic carbocycles. The summed E-state index contributed by atoms with van der Waals surface area (Å²) < 4.78 is 9.12. The van der Waals surface area contributed by atoms with Gasteiger partial charge in [-0.25, -0.2) is 4.79 Å². The molecule has 0 saturated heterocycles. The van der Waals surface area contributed by atoms with Gasteiger partial charge in [0, 0.05) is 8.95 Å². The van der Waals surface area contributed by atoms with Crippen LogP contribution in [0.15, 0.2) is 67.8 Å². The first-order valence-electron chi connectivity index (χ1n) is 9.91. The smallest absolute Gasteiger partial charge is 0.338 e. The molecule has 2 heterocycles. The Morgan fingerprint density at radius 3 is 2.36 bits per heavy atom. The Morgan fingerprint density at radius 2 is 1.79 bits per heavy atom. The van der Waals surface area contributed by atoms with Gasteiger partial charge < -0.3 is 10.5 Å². The van der Waals surface area contributed by atoms with E-state index in [2.05, 4.69) is 37.9 Å². The molecule has 1 aromatic heterocycles. The second-order valence-corrected chi connectivity index (χ2v) is 10.00. The number of nitriles is 1. The highest BCUT2D eigenvalue weighted by Crippen LogP contribution is 2.37. The molecule has 0 bridgehead atoms. The van der Waals surface area contributed by atoms with Crippen molar-refractivity contribution in [3.05, 3.63) is 93.7 Å². The topological polar surface area (TPSA) is 98.1 Å². The first-order valence-corrected chi connectivity index (χ1v) is 12.3. The molecule has 1 atom stereocenters. The van der Waals surface area contributed by atoms with Gasteiger partial charge in [0.05, 0.1) is 34.3 Å². The standard InChI is InChI=1S/C24H17Br2N3O3S/c1-2-32-24(31)20-19(14-5-9-16(26)10-6-14)17(12-27)21(28)29-22(30)18(33-23(20)29)11-13-3-7-15(25)8-4-13/h3-11,19H,2,28H2,1H3/b18-11-/t19-/m0/s1. The van der Waals surface area contributed by atoms with Crippen LogP contribution in [0.3, 0.4) is 0 Å². The van der Waals surface area contributed by atoms with Gasteiger partial charge in [0.15, 0.2) is 0 Å². The number of fused-ring (bicyclic) bond motifs is 1. The lowest BCUT2D eigenvalue weighted by Crippen LogP contribution is -2.40. The van der Waals surface area contributed by atoms with Crippen LogP contribution in [-0.4, -0.2) is 17.1 Å². The second kappa shape index (κ2) is 9.51. The monoisotopic (exact) mass is 585 g/mol. The van der Waals surface area contributed by atoms with Crippen LogP contribution in [0.2, 0.25) is 0 Å². The van der Waals surface area contributed by atoms with Gasteiger partial charge in [-0.15, -0.1) is 11.3 Å². The molecule has 3 aromatic rings. The van der Waals surface area contributed by atoms with Crippen LogP contribution in [0, 0.1) is 11.3 Å². The third-order valence-electron chi connectivity index (χ3n) is 5.14. The fraction of sp³-hybridized carbons (Fsp3) is 0.125. The number of ether oxygens (including phenoxy) is 1. The summed E-state index contributed by atoms with van der Waals surface area (Å²) in [7, 11) is 0. The minimum Gasteiger partial charge on any atom is -0.463 e. The van der Waals surface area contributed by atoms with E-state index in [0.717, 1.165) is 25.8 Å². The molecule has 9 heteroatoms. The largest absolute Gasteiger partial charge is 0.463 e. The molecule has 0 saturated carbocycles. The number of halogens is 2. The molecule has 0 amide bonds. The molecular weight excluding hydrogens is 570 g/mol. The van der Waals surface area contributed by atoms with Crippen LogP contribution in [0.5, 0.6) is 0 Å². The fourth-order valence-corrected chi connectivity index (χ4v) is 5.35. The number of carbonyl (C=O) groups is 1. The lowest BCUT2D eigenvalue weighted by molar-refractivity contribution is -0.136. The SMILES string of the molecule is CCOC(=O)C1=c2s/c(=C\c3ccc(Br)cc3)c(=O)n2C(N)=C(C#N)[C@@H]1c1ccc(Br)cc1. The molecule has 0 fully saturated rings. The van der Waals surface area contributed by atoms with Gasteiger partial charge in [-0.05, 0) is 48.4 Å². The zero-order chi connectivity index (χ0) is 23.7. The van der Waals surface area contributed by atoms with Gasteiger partial charge >= 0.3 is 5.97 Å². The third kappa shape index (κ3) is 4.34. The number of nitrogens with zero attached hydrogens (tertiary/aromatic N) is 2. The van der Waals surface area contributed by atoms with E-state index >= 15 is 0 Å². The maximum absolute atomic E-state index is 13.3. The van der Waals surface area contributed by atoms with Crippen LogP contribution in [0.25, 0.3) is 17.5 Å². The van der Waals surface area contributed by atoms with E-state index in [-0.39, 0.29) is 29.1 Å². The summed E-state index contributed by atoms with van der Waals surface area (Å²) in [5, 5.41) is 9.97. The third-order valence-corrected chi connectivity index (χ3v) is 7.30. The maximum Gasteiger partial charge on any atom is 0.338 e. The van der Waals surface area contributed by atoms with Crippen molar-refractivity contribution in [2.24, 2.45) is 5.73 Å². The first-order chi connectivity index (χ1) is 15.8. The molecule has 33 heavy (non-hydrogen) atoms. The van der Waals surface area contributed by atoms with E-state index in [1.54, 1.807) is 13.0 Å². The molecule has 2 N–H and O–H groups in total. The summed E-state index contributed by atoms with van der Waals surface area (Å²) in [4.78, 5) is 26.4. The Labute approximate surface area is 210 Å². The number of aromatic nitrogens is 1. The average Bonchev–Trinajstić information content (AvgIpc) is 3.11. The van der Waals surface area contributed by atoms with Crippen LogP contribution in [0.1, 0.15) is 24.0 Å². The van der Waals surface area contributed by atoms with Crippen molar-refractivity contribution in [2.75, 3.05) is 6.61 Å². The Morgan fingerprint density at radius 1 is 1.18 bits per heavy atom. The van der Waals surface area contributed by atoms with Crippen molar-refractivity contribution in [2.45, 2.75) is 12.8 Å². The molecule has 4 rings (SSSR count). The molecule has 0 radical (unpaired) electrons. The Balaban J connectivity index is 2.08. The Bertz CT molecular complexity index is 1490. The highest BCUT2D eigenvalue weighted by atomic mass is 79.9. The number of hydrogen-bond donors (Lipinski definition) is 1. The summed E-state index contributed by atoms with van der Waals surface area (Å²) in [5.41, 5.74) is 7.84. The normalized spacial score (nSPS) is 15.9. The summed E-state index contributed by atoms with van der Waals surface area (Å²) in [6.45, 7) is 1.86. The summed E-state index contributed by atoms with van der Waals surface area (Å²) in [6.07, 6.45) is 1.74. The highest BCUT2D eigenvalue weighted by Gasteiger charge is 2.36. The first kappa shape index (κ1) is 23.2. The van der Waals surface area contributed by atoms with Gasteiger partial charge in [0.2, 0.25) is 0 Å². The van der Waals surface area contributed by atoms with Crippen LogP contribution >= 0.6 is 43.2 Å². The van der Waals surface area contributed by atoms with Crippen molar-refractivity contribution < 1.29 is 9.53 Å². The van der Waals surface area contributed by atoms with E-state index in [1.165, 1.54) is 4.57 Å². The number of allylic oxidation sites excluding steroid dienone is 1. The van der Waals surface area contributed by atoms with Gasteiger partial charge in [-0.1, -0.05) is 56.1 Å². The van der Waals surface area contributed by atoms with Crippen LogP contribution in [-0.2, 0) is 9.53 Å². The van der Waals surface area contributed by atoms with E-state index in [0.29, 0.717) is 14.8 Å². The molecule has 0 unspecified atom stereocenters.